The Morgan fingerprint density at radius 2 is 2.17 bits per heavy atom. The van der Waals surface area contributed by atoms with Crippen molar-refractivity contribution in [2.75, 3.05) is 13.1 Å². The fraction of sp³-hybridized carbons (Fsp3) is 0.385. The molecule has 3 rings (SSSR count). The van der Waals surface area contributed by atoms with Gasteiger partial charge in [0.1, 0.15) is 5.82 Å². The van der Waals surface area contributed by atoms with Gasteiger partial charge >= 0.3 is 0 Å². The van der Waals surface area contributed by atoms with Crippen molar-refractivity contribution in [3.8, 4) is 10.7 Å². The van der Waals surface area contributed by atoms with Gasteiger partial charge in [-0.15, -0.1) is 11.3 Å². The summed E-state index contributed by atoms with van der Waals surface area (Å²) in [5.41, 5.74) is 0.880. The predicted molar refractivity (Wildman–Crippen MR) is 73.0 cm³/mol. The van der Waals surface area contributed by atoms with Crippen molar-refractivity contribution in [1.82, 2.24) is 15.3 Å². The Morgan fingerprint density at radius 1 is 1.33 bits per heavy atom. The highest BCUT2D eigenvalue weighted by atomic mass is 32.1. The lowest BCUT2D eigenvalue weighted by molar-refractivity contribution is 0.453. The van der Waals surface area contributed by atoms with Crippen LogP contribution in [-0.4, -0.2) is 23.1 Å². The number of nitrogens with zero attached hydrogens (tertiary/aromatic N) is 1. The van der Waals surface area contributed by atoms with Gasteiger partial charge in [-0.05, 0) is 37.4 Å². The average molecular weight is 261 g/mol. The summed E-state index contributed by atoms with van der Waals surface area (Å²) in [6.45, 7) is 2.01. The SMILES string of the molecule is O=c1cc(C2CCNCC2)nc(-c2cccs2)[nH]1. The molecule has 2 aromatic rings. The summed E-state index contributed by atoms with van der Waals surface area (Å²) in [6.07, 6.45) is 2.11. The molecule has 0 radical (unpaired) electrons. The standard InChI is InChI=1S/C13H15N3OS/c17-12-8-10(9-3-5-14-6-4-9)15-13(16-12)11-2-1-7-18-11/h1-2,7-9,14H,3-6H2,(H,15,16,17). The quantitative estimate of drug-likeness (QED) is 0.869. The van der Waals surface area contributed by atoms with E-state index in [2.05, 4.69) is 15.3 Å². The number of aromatic nitrogens is 2. The lowest BCUT2D eigenvalue weighted by Gasteiger charge is -2.22. The molecule has 0 aliphatic carbocycles. The van der Waals surface area contributed by atoms with E-state index in [1.165, 1.54) is 0 Å². The van der Waals surface area contributed by atoms with Gasteiger partial charge in [0.05, 0.1) is 10.6 Å². The normalized spacial score (nSPS) is 16.9. The van der Waals surface area contributed by atoms with Crippen LogP contribution in [0, 0.1) is 0 Å². The van der Waals surface area contributed by atoms with E-state index in [0.717, 1.165) is 36.5 Å². The second-order valence-electron chi connectivity index (χ2n) is 4.52. The first-order valence-corrected chi connectivity index (χ1v) is 7.07. The molecule has 3 heterocycles. The molecule has 0 amide bonds. The van der Waals surface area contributed by atoms with Gasteiger partial charge in [-0.2, -0.15) is 0 Å². The molecule has 94 valence electrons. The van der Waals surface area contributed by atoms with Crippen molar-refractivity contribution in [2.45, 2.75) is 18.8 Å². The molecule has 0 spiro atoms. The third-order valence-electron chi connectivity index (χ3n) is 3.27. The van der Waals surface area contributed by atoms with Gasteiger partial charge in [-0.25, -0.2) is 4.98 Å². The molecule has 0 unspecified atom stereocenters. The Hall–Kier alpha value is -1.46. The van der Waals surface area contributed by atoms with Gasteiger partial charge < -0.3 is 10.3 Å². The zero-order valence-electron chi connectivity index (χ0n) is 9.98. The Morgan fingerprint density at radius 3 is 2.89 bits per heavy atom. The number of rotatable bonds is 2. The largest absolute Gasteiger partial charge is 0.317 e. The van der Waals surface area contributed by atoms with Gasteiger partial charge in [0.2, 0.25) is 0 Å². The monoisotopic (exact) mass is 261 g/mol. The van der Waals surface area contributed by atoms with Crippen LogP contribution >= 0.6 is 11.3 Å². The molecule has 2 aromatic heterocycles. The van der Waals surface area contributed by atoms with Crippen LogP contribution in [0.2, 0.25) is 0 Å². The average Bonchev–Trinajstić information content (AvgIpc) is 2.93. The van der Waals surface area contributed by atoms with Crippen LogP contribution in [0.1, 0.15) is 24.5 Å². The molecule has 0 atom stereocenters. The molecule has 0 saturated carbocycles. The number of hydrogen-bond donors (Lipinski definition) is 2. The van der Waals surface area contributed by atoms with E-state index in [0.29, 0.717) is 11.7 Å². The minimum Gasteiger partial charge on any atom is -0.317 e. The van der Waals surface area contributed by atoms with Crippen LogP contribution < -0.4 is 10.9 Å². The molecule has 1 aliphatic heterocycles. The van der Waals surface area contributed by atoms with E-state index in [1.807, 2.05) is 17.5 Å². The van der Waals surface area contributed by atoms with Crippen LogP contribution in [0.4, 0.5) is 0 Å². The summed E-state index contributed by atoms with van der Waals surface area (Å²) < 4.78 is 0. The maximum atomic E-state index is 11.7. The fourth-order valence-corrected chi connectivity index (χ4v) is 3.00. The Kier molecular flexibility index (Phi) is 3.25. The fourth-order valence-electron chi connectivity index (χ4n) is 2.33. The number of aromatic amines is 1. The first kappa shape index (κ1) is 11.6. The van der Waals surface area contributed by atoms with Crippen molar-refractivity contribution in [3.63, 3.8) is 0 Å². The lowest BCUT2D eigenvalue weighted by Crippen LogP contribution is -2.27. The molecule has 2 N–H and O–H groups in total. The van der Waals surface area contributed by atoms with Gasteiger partial charge in [0.25, 0.3) is 5.56 Å². The molecule has 1 aliphatic rings. The summed E-state index contributed by atoms with van der Waals surface area (Å²) in [4.78, 5) is 20.2. The number of thiophene rings is 1. The first-order chi connectivity index (χ1) is 8.83. The smallest absolute Gasteiger partial charge is 0.251 e. The van der Waals surface area contributed by atoms with Crippen molar-refractivity contribution < 1.29 is 0 Å². The zero-order chi connectivity index (χ0) is 12.4. The summed E-state index contributed by atoms with van der Waals surface area (Å²) in [6, 6.07) is 5.60. The topological polar surface area (TPSA) is 57.8 Å². The molecule has 0 bridgehead atoms. The van der Waals surface area contributed by atoms with E-state index in [4.69, 9.17) is 0 Å². The maximum Gasteiger partial charge on any atom is 0.251 e. The van der Waals surface area contributed by atoms with Crippen LogP contribution in [0.15, 0.2) is 28.4 Å². The predicted octanol–water partition coefficient (Wildman–Crippen LogP) is 1.97. The number of piperidine rings is 1. The van der Waals surface area contributed by atoms with Crippen molar-refractivity contribution >= 4 is 11.3 Å². The first-order valence-electron chi connectivity index (χ1n) is 6.19. The van der Waals surface area contributed by atoms with Gasteiger partial charge in [-0.3, -0.25) is 4.79 Å². The maximum absolute atomic E-state index is 11.7. The molecule has 1 fully saturated rings. The third-order valence-corrected chi connectivity index (χ3v) is 4.15. The Bertz CT molecular complexity index is 570. The van der Waals surface area contributed by atoms with Crippen LogP contribution in [0.3, 0.4) is 0 Å². The molecule has 1 saturated heterocycles. The molecular weight excluding hydrogens is 246 g/mol. The summed E-state index contributed by atoms with van der Waals surface area (Å²) in [5.74, 6) is 1.11. The van der Waals surface area contributed by atoms with Gasteiger partial charge in [-0.1, -0.05) is 6.07 Å². The second-order valence-corrected chi connectivity index (χ2v) is 5.47. The Labute approximate surface area is 109 Å². The minimum absolute atomic E-state index is 0.0538. The van der Waals surface area contributed by atoms with E-state index < -0.39 is 0 Å². The van der Waals surface area contributed by atoms with E-state index in [9.17, 15) is 4.79 Å². The van der Waals surface area contributed by atoms with Crippen LogP contribution in [0.25, 0.3) is 10.7 Å². The molecule has 0 aromatic carbocycles. The second kappa shape index (κ2) is 5.04. The van der Waals surface area contributed by atoms with E-state index in [1.54, 1.807) is 17.4 Å². The van der Waals surface area contributed by atoms with Gasteiger partial charge in [0.15, 0.2) is 0 Å². The molecule has 4 nitrogen and oxygen atoms in total. The summed E-state index contributed by atoms with van der Waals surface area (Å²) in [5, 5.41) is 5.32. The van der Waals surface area contributed by atoms with E-state index >= 15 is 0 Å². The number of nitrogens with one attached hydrogen (secondary N) is 2. The third kappa shape index (κ3) is 2.37. The number of H-pyrrole nitrogens is 1. The zero-order valence-corrected chi connectivity index (χ0v) is 10.8. The highest BCUT2D eigenvalue weighted by Crippen LogP contribution is 2.25. The van der Waals surface area contributed by atoms with Crippen LogP contribution in [0.5, 0.6) is 0 Å². The van der Waals surface area contributed by atoms with E-state index in [-0.39, 0.29) is 5.56 Å². The lowest BCUT2D eigenvalue weighted by atomic mass is 9.94. The molecule has 5 heteroatoms. The minimum atomic E-state index is -0.0538. The van der Waals surface area contributed by atoms with Crippen LogP contribution in [-0.2, 0) is 0 Å². The summed E-state index contributed by atoms with van der Waals surface area (Å²) in [7, 11) is 0. The highest BCUT2D eigenvalue weighted by Gasteiger charge is 2.18. The number of hydrogen-bond acceptors (Lipinski definition) is 4. The van der Waals surface area contributed by atoms with Crippen molar-refractivity contribution in [2.24, 2.45) is 0 Å². The molecule has 18 heavy (non-hydrogen) atoms. The highest BCUT2D eigenvalue weighted by molar-refractivity contribution is 7.13. The molecular formula is C13H15N3OS. The summed E-state index contributed by atoms with van der Waals surface area (Å²) >= 11 is 1.60. The van der Waals surface area contributed by atoms with Crippen molar-refractivity contribution in [1.29, 1.82) is 0 Å². The van der Waals surface area contributed by atoms with Gasteiger partial charge in [0, 0.05) is 12.0 Å². The van der Waals surface area contributed by atoms with Crippen molar-refractivity contribution in [3.05, 3.63) is 39.6 Å². The Balaban J connectivity index is 1.98.